The molecule has 0 aliphatic carbocycles. The van der Waals surface area contributed by atoms with Gasteiger partial charge in [0.25, 0.3) is 0 Å². The first-order valence-electron chi connectivity index (χ1n) is 12.1. The molecule has 2 aromatic carbocycles. The van der Waals surface area contributed by atoms with Crippen LogP contribution >= 0.6 is 11.6 Å². The van der Waals surface area contributed by atoms with Gasteiger partial charge in [-0.05, 0) is 31.0 Å². The number of imide groups is 1. The fourth-order valence-corrected chi connectivity index (χ4v) is 4.70. The molecule has 2 aliphatic heterocycles. The Morgan fingerprint density at radius 1 is 1.15 bits per heavy atom. The first-order valence-corrected chi connectivity index (χ1v) is 12.4. The van der Waals surface area contributed by atoms with Crippen molar-refractivity contribution in [1.82, 2.24) is 20.4 Å². The molecule has 1 saturated heterocycles. The second-order valence-corrected chi connectivity index (χ2v) is 9.37. The highest BCUT2D eigenvalue weighted by Crippen LogP contribution is 2.38. The van der Waals surface area contributed by atoms with E-state index in [1.165, 1.54) is 17.0 Å². The summed E-state index contributed by atoms with van der Waals surface area (Å²) in [5, 5.41) is 44.2. The number of carbonyl (C=O) groups excluding carboxylic acids is 4. The monoisotopic (exact) mass is 574 g/mol. The number of phenols is 2. The van der Waals surface area contributed by atoms with Crippen molar-refractivity contribution in [3.05, 3.63) is 52.0 Å². The van der Waals surface area contributed by atoms with Gasteiger partial charge in [0.05, 0.1) is 16.5 Å². The summed E-state index contributed by atoms with van der Waals surface area (Å²) in [5.41, 5.74) is 0.0306. The van der Waals surface area contributed by atoms with Crippen LogP contribution in [0.5, 0.6) is 17.2 Å². The van der Waals surface area contributed by atoms with E-state index in [0.717, 1.165) is 12.1 Å². The molecule has 0 bridgehead atoms. The number of carboxylic acids is 1. The second-order valence-electron chi connectivity index (χ2n) is 8.99. The van der Waals surface area contributed by atoms with Crippen LogP contribution in [0, 0.1) is 0 Å². The Morgan fingerprint density at radius 2 is 1.88 bits per heavy atom. The number of hydrogen-bond acceptors (Lipinski definition) is 9. The molecular weight excluding hydrogens is 551 g/mol. The zero-order valence-corrected chi connectivity index (χ0v) is 21.7. The van der Waals surface area contributed by atoms with Gasteiger partial charge in [0, 0.05) is 25.2 Å². The Bertz CT molecular complexity index is 1410. The summed E-state index contributed by atoms with van der Waals surface area (Å²) in [7, 11) is -1.68. The molecule has 16 heteroatoms. The highest BCUT2D eigenvalue weighted by molar-refractivity contribution is 6.47. The second kappa shape index (κ2) is 11.3. The number of aromatic carboxylic acids is 1. The molecule has 40 heavy (non-hydrogen) atoms. The van der Waals surface area contributed by atoms with E-state index in [1.807, 2.05) is 0 Å². The van der Waals surface area contributed by atoms with Gasteiger partial charge in [-0.1, -0.05) is 29.8 Å². The van der Waals surface area contributed by atoms with Gasteiger partial charge in [0.15, 0.2) is 11.5 Å². The Hall–Kier alpha value is -4.50. The van der Waals surface area contributed by atoms with Crippen molar-refractivity contribution >= 4 is 48.4 Å². The minimum atomic E-state index is -1.68. The number of halogens is 1. The van der Waals surface area contributed by atoms with Crippen molar-refractivity contribution < 1.29 is 49.0 Å². The zero-order chi connectivity index (χ0) is 29.3. The average Bonchev–Trinajstić information content (AvgIpc) is 2.92. The van der Waals surface area contributed by atoms with Crippen molar-refractivity contribution in [3.8, 4) is 17.2 Å². The number of likely N-dealkylation sites (N-methyl/N-ethyl adjacent to an activating group) is 1. The molecule has 2 aliphatic rings. The number of para-hydroxylation sites is 1. The Balaban J connectivity index is 1.61. The number of aromatic hydroxyl groups is 2. The maximum Gasteiger partial charge on any atom is 0.547 e. The van der Waals surface area contributed by atoms with E-state index in [9.17, 15) is 44.3 Å². The predicted octanol–water partition coefficient (Wildman–Crippen LogP) is 0.0304. The summed E-state index contributed by atoms with van der Waals surface area (Å²) in [4.78, 5) is 64.8. The summed E-state index contributed by atoms with van der Waals surface area (Å²) in [6.45, 7) is 1.86. The molecule has 14 nitrogen and oxygen atoms in total. The molecule has 0 unspecified atom stereocenters. The number of piperazine rings is 1. The lowest BCUT2D eigenvalue weighted by molar-refractivity contribution is -0.153. The van der Waals surface area contributed by atoms with Crippen LogP contribution in [0.2, 0.25) is 5.02 Å². The first kappa shape index (κ1) is 28.5. The third-order valence-corrected chi connectivity index (χ3v) is 6.98. The summed E-state index contributed by atoms with van der Waals surface area (Å²) >= 11 is 6.17. The number of fused-ring (bicyclic) bond motifs is 1. The number of phenolic OH excluding ortho intramolecular Hbond substituents is 2. The Morgan fingerprint density at radius 3 is 2.55 bits per heavy atom. The quantitative estimate of drug-likeness (QED) is 0.155. The molecule has 6 N–H and O–H groups in total. The van der Waals surface area contributed by atoms with Crippen LogP contribution in [0.4, 0.5) is 4.79 Å². The molecule has 0 radical (unpaired) electrons. The maximum absolute atomic E-state index is 13.5. The van der Waals surface area contributed by atoms with E-state index in [1.54, 1.807) is 13.0 Å². The van der Waals surface area contributed by atoms with E-state index in [-0.39, 0.29) is 42.9 Å². The van der Waals surface area contributed by atoms with Crippen molar-refractivity contribution in [2.45, 2.75) is 25.3 Å². The molecule has 0 spiro atoms. The minimum absolute atomic E-state index is 0.0510. The maximum atomic E-state index is 13.5. The zero-order valence-electron chi connectivity index (χ0n) is 21.0. The van der Waals surface area contributed by atoms with Gasteiger partial charge in [-0.15, -0.1) is 0 Å². The van der Waals surface area contributed by atoms with Crippen molar-refractivity contribution in [1.29, 1.82) is 0 Å². The molecule has 210 valence electrons. The lowest BCUT2D eigenvalue weighted by Crippen LogP contribution is -2.60. The van der Waals surface area contributed by atoms with Crippen LogP contribution in [0.3, 0.4) is 0 Å². The van der Waals surface area contributed by atoms with Crippen LogP contribution in [-0.4, -0.2) is 92.6 Å². The van der Waals surface area contributed by atoms with Gasteiger partial charge >= 0.3 is 30.9 Å². The van der Waals surface area contributed by atoms with E-state index >= 15 is 0 Å². The molecule has 2 heterocycles. The first-order chi connectivity index (χ1) is 18.9. The Kier molecular flexibility index (Phi) is 8.07. The van der Waals surface area contributed by atoms with Gasteiger partial charge in [-0.2, -0.15) is 0 Å². The average molecular weight is 575 g/mol. The number of hydrogen-bond donors (Lipinski definition) is 6. The van der Waals surface area contributed by atoms with Crippen LogP contribution in [0.15, 0.2) is 30.3 Å². The molecule has 0 saturated carbocycles. The molecule has 0 aromatic heterocycles. The van der Waals surface area contributed by atoms with Gasteiger partial charge in [0.1, 0.15) is 11.8 Å². The number of amides is 5. The highest BCUT2D eigenvalue weighted by atomic mass is 35.5. The lowest BCUT2D eigenvalue weighted by atomic mass is 9.72. The molecule has 4 rings (SSSR count). The normalized spacial score (nSPS) is 17.6. The number of benzene rings is 2. The van der Waals surface area contributed by atoms with Crippen molar-refractivity contribution in [2.24, 2.45) is 0 Å². The smallest absolute Gasteiger partial charge is 0.534 e. The number of nitrogens with one attached hydrogen (secondary N) is 2. The fraction of sp³-hybridized carbons (Fsp3) is 0.292. The number of carboxylic acid groups (broad SMARTS) is 1. The van der Waals surface area contributed by atoms with Gasteiger partial charge in [-0.3, -0.25) is 19.3 Å². The molecule has 5 amide bonds. The molecule has 2 aromatic rings. The van der Waals surface area contributed by atoms with Gasteiger partial charge in [-0.25, -0.2) is 9.59 Å². The van der Waals surface area contributed by atoms with E-state index in [0.29, 0.717) is 10.5 Å². The standard InChI is InChI=1S/C24H24BClN4O10/c1-2-29-8-9-30(22(35)21(29)34)24(38)28-17(12-6-7-14(31)18(32)16(12)26)20(33)27-15-10-11-4-3-5-13(23(36)37)19(11)40-25(15)39/h3-7,15,17,31-32,39H,2,8-10H2,1H3,(H,27,33)(H,28,38)(H,36,37)/t15-,17+/m0/s1. The summed E-state index contributed by atoms with van der Waals surface area (Å²) in [6, 6.07) is 3.73. The predicted molar refractivity (Wildman–Crippen MR) is 138 cm³/mol. The summed E-state index contributed by atoms with van der Waals surface area (Å²) in [6.07, 6.45) is -0.0510. The van der Waals surface area contributed by atoms with Crippen molar-refractivity contribution in [3.63, 3.8) is 0 Å². The van der Waals surface area contributed by atoms with E-state index < -0.39 is 65.3 Å². The van der Waals surface area contributed by atoms with Crippen LogP contribution in [0.25, 0.3) is 0 Å². The number of rotatable bonds is 6. The minimum Gasteiger partial charge on any atom is -0.534 e. The van der Waals surface area contributed by atoms with Gasteiger partial charge < -0.3 is 40.5 Å². The molecule has 2 atom stereocenters. The third kappa shape index (κ3) is 5.33. The largest absolute Gasteiger partial charge is 0.547 e. The SMILES string of the molecule is CCN1CCN(C(=O)N[C@@H](C(=O)N[C@H]2Cc3cccc(C(=O)O)c3OB2O)c2ccc(O)c(O)c2Cl)C(=O)C1=O. The Labute approximate surface area is 232 Å². The lowest BCUT2D eigenvalue weighted by Gasteiger charge is -2.33. The number of carbonyl (C=O) groups is 5. The molecule has 1 fully saturated rings. The fourth-order valence-electron chi connectivity index (χ4n) is 4.43. The van der Waals surface area contributed by atoms with Crippen molar-refractivity contribution in [2.75, 3.05) is 19.6 Å². The molecular formula is C24H24BClN4O10. The summed E-state index contributed by atoms with van der Waals surface area (Å²) in [5.74, 6) is -6.79. The van der Waals surface area contributed by atoms with Gasteiger partial charge in [0.2, 0.25) is 5.91 Å². The highest BCUT2D eigenvalue weighted by Gasteiger charge is 2.41. The number of urea groups is 1. The topological polar surface area (TPSA) is 206 Å². The third-order valence-electron chi connectivity index (χ3n) is 6.58. The summed E-state index contributed by atoms with van der Waals surface area (Å²) < 4.78 is 5.38. The van der Waals surface area contributed by atoms with Crippen LogP contribution in [0.1, 0.15) is 34.5 Å². The van der Waals surface area contributed by atoms with Crippen LogP contribution in [-0.2, 0) is 20.8 Å². The van der Waals surface area contributed by atoms with Crippen LogP contribution < -0.4 is 15.3 Å². The van der Waals surface area contributed by atoms with E-state index in [2.05, 4.69) is 10.6 Å². The van der Waals surface area contributed by atoms with E-state index in [4.69, 9.17) is 16.3 Å². The number of nitrogens with zero attached hydrogens (tertiary/aromatic N) is 2.